The van der Waals surface area contributed by atoms with Crippen LogP contribution in [0.15, 0.2) is 54.1 Å². The van der Waals surface area contributed by atoms with E-state index in [0.29, 0.717) is 30.7 Å². The number of aromatic hydroxyl groups is 1. The third-order valence-corrected chi connectivity index (χ3v) is 4.80. The number of carbonyl (C=O) groups excluding carboxylic acids is 2. The van der Waals surface area contributed by atoms with Gasteiger partial charge in [-0.15, -0.1) is 0 Å². The van der Waals surface area contributed by atoms with Crippen LogP contribution in [0.25, 0.3) is 5.76 Å². The summed E-state index contributed by atoms with van der Waals surface area (Å²) in [5.74, 6) is -1.60. The molecule has 28 heavy (non-hydrogen) atoms. The number of ketones is 1. The lowest BCUT2D eigenvalue weighted by molar-refractivity contribution is -0.140. The van der Waals surface area contributed by atoms with E-state index >= 15 is 0 Å². The minimum Gasteiger partial charge on any atom is -0.508 e. The van der Waals surface area contributed by atoms with Crippen molar-refractivity contribution in [1.29, 1.82) is 0 Å². The Morgan fingerprint density at radius 1 is 1.14 bits per heavy atom. The summed E-state index contributed by atoms with van der Waals surface area (Å²) < 4.78 is 5.05. The fraction of sp³-hybridized carbons (Fsp3) is 0.273. The first-order valence-corrected chi connectivity index (χ1v) is 9.07. The zero-order chi connectivity index (χ0) is 20.3. The van der Waals surface area contributed by atoms with E-state index in [9.17, 15) is 19.8 Å². The number of aryl methyl sites for hydroxylation is 1. The number of carbonyl (C=O) groups is 2. The lowest BCUT2D eigenvalue weighted by Crippen LogP contribution is -2.31. The summed E-state index contributed by atoms with van der Waals surface area (Å²) in [6.07, 6.45) is 0.545. The second-order valence-corrected chi connectivity index (χ2v) is 6.80. The first-order valence-electron chi connectivity index (χ1n) is 9.07. The Morgan fingerprint density at radius 2 is 1.86 bits per heavy atom. The summed E-state index contributed by atoms with van der Waals surface area (Å²) in [6, 6.07) is 12.7. The van der Waals surface area contributed by atoms with Crippen LogP contribution in [0.4, 0.5) is 0 Å². The lowest BCUT2D eigenvalue weighted by Gasteiger charge is -2.25. The highest BCUT2D eigenvalue weighted by atomic mass is 16.5. The molecule has 6 heteroatoms. The molecule has 0 aliphatic carbocycles. The number of phenolic OH excluding ortho intramolecular Hbond substituents is 1. The van der Waals surface area contributed by atoms with E-state index in [1.807, 2.05) is 19.1 Å². The number of phenols is 1. The van der Waals surface area contributed by atoms with Gasteiger partial charge in [0.1, 0.15) is 11.5 Å². The van der Waals surface area contributed by atoms with Crippen LogP contribution in [0.3, 0.4) is 0 Å². The fourth-order valence-electron chi connectivity index (χ4n) is 3.40. The van der Waals surface area contributed by atoms with E-state index in [1.165, 1.54) is 17.0 Å². The molecular weight excluding hydrogens is 358 g/mol. The van der Waals surface area contributed by atoms with Gasteiger partial charge in [0, 0.05) is 25.8 Å². The Bertz CT molecular complexity index is 917. The molecule has 0 saturated carbocycles. The van der Waals surface area contributed by atoms with E-state index in [-0.39, 0.29) is 17.1 Å². The van der Waals surface area contributed by atoms with Gasteiger partial charge in [0.25, 0.3) is 11.7 Å². The number of Topliss-reactive ketones (excluding diaryl/α,β-unsaturated/α-hetero) is 1. The Labute approximate surface area is 163 Å². The van der Waals surface area contributed by atoms with Crippen LogP contribution in [0.2, 0.25) is 0 Å². The first kappa shape index (κ1) is 19.6. The maximum Gasteiger partial charge on any atom is 0.295 e. The summed E-state index contributed by atoms with van der Waals surface area (Å²) in [5, 5.41) is 20.8. The minimum atomic E-state index is -0.773. The van der Waals surface area contributed by atoms with E-state index in [0.717, 1.165) is 5.56 Å². The van der Waals surface area contributed by atoms with Gasteiger partial charge in [-0.05, 0) is 31.0 Å². The van der Waals surface area contributed by atoms with E-state index in [2.05, 4.69) is 0 Å². The lowest BCUT2D eigenvalue weighted by atomic mass is 9.95. The van der Waals surface area contributed by atoms with Gasteiger partial charge in [-0.1, -0.05) is 42.0 Å². The van der Waals surface area contributed by atoms with Crippen molar-refractivity contribution in [2.75, 3.05) is 20.3 Å². The Balaban J connectivity index is 2.12. The average molecular weight is 381 g/mol. The Kier molecular flexibility index (Phi) is 5.80. The highest BCUT2D eigenvalue weighted by Crippen LogP contribution is 2.40. The molecule has 1 heterocycles. The highest BCUT2D eigenvalue weighted by molar-refractivity contribution is 6.46. The maximum atomic E-state index is 12.8. The SMILES string of the molecule is COCCCN1C(=O)C(=O)C(=C(O)c2ccc(C)cc2)C1c1cccc(O)c1. The molecule has 1 saturated heterocycles. The summed E-state index contributed by atoms with van der Waals surface area (Å²) in [7, 11) is 1.57. The third kappa shape index (κ3) is 3.77. The number of aliphatic hydroxyl groups is 1. The largest absolute Gasteiger partial charge is 0.508 e. The number of hydrogen-bond acceptors (Lipinski definition) is 5. The number of hydrogen-bond donors (Lipinski definition) is 2. The molecule has 0 radical (unpaired) electrons. The molecule has 2 aromatic carbocycles. The number of nitrogens with zero attached hydrogens (tertiary/aromatic N) is 1. The van der Waals surface area contributed by atoms with Crippen molar-refractivity contribution in [2.45, 2.75) is 19.4 Å². The molecule has 0 aromatic heterocycles. The zero-order valence-electron chi connectivity index (χ0n) is 15.9. The van der Waals surface area contributed by atoms with Gasteiger partial charge in [-0.2, -0.15) is 0 Å². The molecular formula is C22H23NO5. The van der Waals surface area contributed by atoms with Crippen molar-refractivity contribution in [3.8, 4) is 5.75 Å². The number of amides is 1. The summed E-state index contributed by atoms with van der Waals surface area (Å²) >= 11 is 0. The van der Waals surface area contributed by atoms with Gasteiger partial charge in [0.05, 0.1) is 11.6 Å². The highest BCUT2D eigenvalue weighted by Gasteiger charge is 2.45. The van der Waals surface area contributed by atoms with Crippen LogP contribution in [0.5, 0.6) is 5.75 Å². The predicted molar refractivity (Wildman–Crippen MR) is 105 cm³/mol. The average Bonchev–Trinajstić information content (AvgIpc) is 2.93. The van der Waals surface area contributed by atoms with Crippen molar-refractivity contribution < 1.29 is 24.5 Å². The summed E-state index contributed by atoms with van der Waals surface area (Å²) in [5.41, 5.74) is 2.06. The molecule has 1 amide bonds. The van der Waals surface area contributed by atoms with Gasteiger partial charge in [-0.3, -0.25) is 9.59 Å². The van der Waals surface area contributed by atoms with Gasteiger partial charge in [-0.25, -0.2) is 0 Å². The second kappa shape index (κ2) is 8.27. The molecule has 1 aliphatic heterocycles. The van der Waals surface area contributed by atoms with E-state index < -0.39 is 17.7 Å². The van der Waals surface area contributed by atoms with Gasteiger partial charge in [0.2, 0.25) is 0 Å². The molecule has 2 N–H and O–H groups in total. The molecule has 0 bridgehead atoms. The maximum absolute atomic E-state index is 12.8. The first-order chi connectivity index (χ1) is 13.4. The van der Waals surface area contributed by atoms with Crippen LogP contribution >= 0.6 is 0 Å². The van der Waals surface area contributed by atoms with Crippen molar-refractivity contribution in [1.82, 2.24) is 4.90 Å². The molecule has 1 fully saturated rings. The zero-order valence-corrected chi connectivity index (χ0v) is 15.9. The number of aliphatic hydroxyl groups excluding tert-OH is 1. The van der Waals surface area contributed by atoms with Gasteiger partial charge >= 0.3 is 0 Å². The normalized spacial score (nSPS) is 18.6. The molecule has 2 aromatic rings. The third-order valence-electron chi connectivity index (χ3n) is 4.80. The van der Waals surface area contributed by atoms with Crippen molar-refractivity contribution in [2.24, 2.45) is 0 Å². The Hall–Kier alpha value is -3.12. The number of rotatable bonds is 6. The molecule has 1 atom stereocenters. The number of likely N-dealkylation sites (tertiary alicyclic amines) is 1. The molecule has 1 aliphatic rings. The number of benzene rings is 2. The molecule has 1 unspecified atom stereocenters. The monoisotopic (exact) mass is 381 g/mol. The van der Waals surface area contributed by atoms with Crippen molar-refractivity contribution >= 4 is 17.4 Å². The van der Waals surface area contributed by atoms with Crippen LogP contribution in [0.1, 0.15) is 29.2 Å². The second-order valence-electron chi connectivity index (χ2n) is 6.80. The predicted octanol–water partition coefficient (Wildman–Crippen LogP) is 3.16. The number of ether oxygens (including phenoxy) is 1. The van der Waals surface area contributed by atoms with Crippen LogP contribution in [0, 0.1) is 6.92 Å². The van der Waals surface area contributed by atoms with Crippen molar-refractivity contribution in [3.05, 3.63) is 70.8 Å². The molecule has 146 valence electrons. The minimum absolute atomic E-state index is 0.0234. The number of methoxy groups -OCH3 is 1. The fourth-order valence-corrected chi connectivity index (χ4v) is 3.40. The Morgan fingerprint density at radius 3 is 2.50 bits per heavy atom. The van der Waals surface area contributed by atoms with Crippen LogP contribution in [-0.4, -0.2) is 47.1 Å². The topological polar surface area (TPSA) is 87.1 Å². The summed E-state index contributed by atoms with van der Waals surface area (Å²) in [4.78, 5) is 26.9. The smallest absolute Gasteiger partial charge is 0.295 e. The van der Waals surface area contributed by atoms with Gasteiger partial charge < -0.3 is 19.8 Å². The van der Waals surface area contributed by atoms with E-state index in [4.69, 9.17) is 4.74 Å². The van der Waals surface area contributed by atoms with E-state index in [1.54, 1.807) is 31.4 Å². The molecule has 6 nitrogen and oxygen atoms in total. The summed E-state index contributed by atoms with van der Waals surface area (Å²) in [6.45, 7) is 2.66. The van der Waals surface area contributed by atoms with Crippen LogP contribution in [-0.2, 0) is 14.3 Å². The standard InChI is InChI=1S/C22H23NO5/c1-14-7-9-15(10-8-14)20(25)18-19(16-5-3-6-17(24)13-16)23(11-4-12-28-2)22(27)21(18)26/h3,5-10,13,19,24-25H,4,11-12H2,1-2H3. The van der Waals surface area contributed by atoms with Gasteiger partial charge in [0.15, 0.2) is 0 Å². The molecule has 3 rings (SSSR count). The quantitative estimate of drug-likeness (QED) is 0.347. The molecule has 0 spiro atoms. The van der Waals surface area contributed by atoms with Crippen LogP contribution < -0.4 is 0 Å². The van der Waals surface area contributed by atoms with Crippen molar-refractivity contribution in [3.63, 3.8) is 0 Å².